The molecule has 0 aliphatic carbocycles. The third kappa shape index (κ3) is 2.76. The summed E-state index contributed by atoms with van der Waals surface area (Å²) in [6.45, 7) is 0.667. The Hall–Kier alpha value is -3.62. The molecule has 0 saturated carbocycles. The monoisotopic (exact) mass is 424 g/mol. The predicted molar refractivity (Wildman–Crippen MR) is 104 cm³/mol. The Balaban J connectivity index is 1.53. The minimum atomic E-state index is -0.809. The zero-order valence-corrected chi connectivity index (χ0v) is 16.1. The van der Waals surface area contributed by atoms with Gasteiger partial charge in [-0.05, 0) is 36.6 Å². The summed E-state index contributed by atoms with van der Waals surface area (Å²) in [5, 5.41) is 8.07. The fraction of sp³-hybridized carbons (Fsp3) is 0.227. The van der Waals surface area contributed by atoms with Gasteiger partial charge in [-0.1, -0.05) is 0 Å². The Bertz CT molecular complexity index is 1350. The van der Waals surface area contributed by atoms with E-state index in [1.165, 1.54) is 12.4 Å². The fourth-order valence-electron chi connectivity index (χ4n) is 4.45. The van der Waals surface area contributed by atoms with Gasteiger partial charge in [0.2, 0.25) is 0 Å². The number of hydrogen-bond acceptors (Lipinski definition) is 5. The number of benzene rings is 1. The van der Waals surface area contributed by atoms with E-state index in [4.69, 9.17) is 9.47 Å². The molecular weight excluding hydrogens is 409 g/mol. The van der Waals surface area contributed by atoms with E-state index in [0.717, 1.165) is 23.5 Å². The number of pyridine rings is 2. The van der Waals surface area contributed by atoms with Crippen LogP contribution in [0.3, 0.4) is 0 Å². The van der Waals surface area contributed by atoms with Gasteiger partial charge in [-0.3, -0.25) is 4.40 Å². The molecule has 3 aromatic heterocycles. The van der Waals surface area contributed by atoms with Gasteiger partial charge in [-0.25, -0.2) is 18.2 Å². The third-order valence-corrected chi connectivity index (χ3v) is 5.86. The molecule has 31 heavy (non-hydrogen) atoms. The van der Waals surface area contributed by atoms with Gasteiger partial charge in [-0.2, -0.15) is 0 Å². The normalized spacial score (nSPS) is 17.2. The van der Waals surface area contributed by atoms with Crippen molar-refractivity contribution in [3.8, 4) is 22.8 Å². The van der Waals surface area contributed by atoms with E-state index in [9.17, 15) is 13.2 Å². The number of hydrogen-bond donors (Lipinski definition) is 0. The summed E-state index contributed by atoms with van der Waals surface area (Å²) in [6, 6.07) is 5.50. The molecule has 0 radical (unpaired) electrons. The SMILES string of the molecule is Fc1cnc(-c2cc3c(n4cnnc24)CCc2c(F)ccc4c2[C@H](CO4)CO3)c(F)c1. The molecule has 5 heterocycles. The molecule has 0 amide bonds. The van der Waals surface area contributed by atoms with E-state index in [1.807, 2.05) is 0 Å². The highest BCUT2D eigenvalue weighted by Crippen LogP contribution is 2.41. The van der Waals surface area contributed by atoms with Gasteiger partial charge < -0.3 is 9.47 Å². The van der Waals surface area contributed by atoms with Crippen molar-refractivity contribution in [3.63, 3.8) is 0 Å². The highest BCUT2D eigenvalue weighted by Gasteiger charge is 2.32. The summed E-state index contributed by atoms with van der Waals surface area (Å²) in [5.41, 5.74) is 2.85. The van der Waals surface area contributed by atoms with Crippen LogP contribution in [0.15, 0.2) is 36.8 Å². The van der Waals surface area contributed by atoms with Crippen LogP contribution in [0.2, 0.25) is 0 Å². The molecule has 6 nitrogen and oxygen atoms in total. The molecular formula is C22H15F3N4O2. The molecule has 9 heteroatoms. The first-order valence-corrected chi connectivity index (χ1v) is 9.84. The highest BCUT2D eigenvalue weighted by molar-refractivity contribution is 5.77. The van der Waals surface area contributed by atoms with Crippen molar-refractivity contribution < 1.29 is 22.6 Å². The van der Waals surface area contributed by atoms with Crippen LogP contribution in [0.25, 0.3) is 16.9 Å². The zero-order chi connectivity index (χ0) is 21.1. The van der Waals surface area contributed by atoms with Gasteiger partial charge in [0.25, 0.3) is 0 Å². The molecule has 6 rings (SSSR count). The molecule has 4 aromatic rings. The standard InChI is InChI=1S/C22H15F3N4O2/c23-12-5-16(25)21(26-7-12)14-6-19-17(29-10-27-28-22(14)29)3-1-13-15(24)2-4-18-20(13)11(8-30-18)9-31-19/h2,4-7,10-11H,1,3,8-9H2/t11-/m1/s1. The van der Waals surface area contributed by atoms with E-state index in [2.05, 4.69) is 15.2 Å². The number of fused-ring (bicyclic) bond motifs is 3. The summed E-state index contributed by atoms with van der Waals surface area (Å²) >= 11 is 0. The minimum absolute atomic E-state index is 0.0495. The Kier molecular flexibility index (Phi) is 3.92. The molecule has 0 bridgehead atoms. The second kappa shape index (κ2) is 6.69. The quantitative estimate of drug-likeness (QED) is 0.464. The Morgan fingerprint density at radius 3 is 2.65 bits per heavy atom. The molecule has 1 aromatic carbocycles. The van der Waals surface area contributed by atoms with E-state index in [1.54, 1.807) is 16.5 Å². The average Bonchev–Trinajstić information content (AvgIpc) is 3.40. The van der Waals surface area contributed by atoms with Crippen LogP contribution >= 0.6 is 0 Å². The van der Waals surface area contributed by atoms with Gasteiger partial charge >= 0.3 is 0 Å². The average molecular weight is 424 g/mol. The molecule has 0 unspecified atom stereocenters. The maximum atomic E-state index is 14.7. The predicted octanol–water partition coefficient (Wildman–Crippen LogP) is 3.86. The van der Waals surface area contributed by atoms with Crippen molar-refractivity contribution in [1.82, 2.24) is 19.6 Å². The molecule has 0 N–H and O–H groups in total. The fourth-order valence-corrected chi connectivity index (χ4v) is 4.45. The molecule has 2 aliphatic heterocycles. The van der Waals surface area contributed by atoms with E-state index < -0.39 is 11.6 Å². The molecule has 1 atom stereocenters. The van der Waals surface area contributed by atoms with Crippen LogP contribution in [0.5, 0.6) is 11.5 Å². The Morgan fingerprint density at radius 1 is 0.968 bits per heavy atom. The lowest BCUT2D eigenvalue weighted by Gasteiger charge is -2.16. The van der Waals surface area contributed by atoms with E-state index >= 15 is 0 Å². The lowest BCUT2D eigenvalue weighted by Crippen LogP contribution is -2.13. The maximum absolute atomic E-state index is 14.7. The lowest BCUT2D eigenvalue weighted by molar-refractivity contribution is 0.246. The molecule has 0 spiro atoms. The number of nitrogens with zero attached hydrogens (tertiary/aromatic N) is 4. The number of halogens is 3. The summed E-state index contributed by atoms with van der Waals surface area (Å²) < 4.78 is 56.1. The van der Waals surface area contributed by atoms with Crippen molar-refractivity contribution >= 4 is 5.65 Å². The van der Waals surface area contributed by atoms with Gasteiger partial charge in [0.15, 0.2) is 11.5 Å². The van der Waals surface area contributed by atoms with Crippen molar-refractivity contribution in [1.29, 1.82) is 0 Å². The number of rotatable bonds is 1. The summed E-state index contributed by atoms with van der Waals surface area (Å²) in [7, 11) is 0. The second-order valence-corrected chi connectivity index (χ2v) is 7.63. The number of aromatic nitrogens is 4. The van der Waals surface area contributed by atoms with Crippen LogP contribution in [-0.2, 0) is 12.8 Å². The second-order valence-electron chi connectivity index (χ2n) is 7.63. The third-order valence-electron chi connectivity index (χ3n) is 5.86. The maximum Gasteiger partial charge on any atom is 0.170 e. The van der Waals surface area contributed by atoms with Crippen molar-refractivity contribution in [2.75, 3.05) is 13.2 Å². The van der Waals surface area contributed by atoms with Crippen LogP contribution in [0.1, 0.15) is 22.7 Å². The summed E-state index contributed by atoms with van der Waals surface area (Å²) in [6.07, 6.45) is 3.33. The van der Waals surface area contributed by atoms with Crippen molar-refractivity contribution in [3.05, 3.63) is 71.1 Å². The first kappa shape index (κ1) is 18.2. The van der Waals surface area contributed by atoms with Crippen LogP contribution in [0, 0.1) is 17.5 Å². The summed E-state index contributed by atoms with van der Waals surface area (Å²) in [4.78, 5) is 3.91. The molecule has 0 fully saturated rings. The van der Waals surface area contributed by atoms with Gasteiger partial charge in [0, 0.05) is 11.6 Å². The van der Waals surface area contributed by atoms with Crippen LogP contribution in [0.4, 0.5) is 13.2 Å². The largest absolute Gasteiger partial charge is 0.493 e. The topological polar surface area (TPSA) is 61.5 Å². The summed E-state index contributed by atoms with van der Waals surface area (Å²) in [5.74, 6) is -0.789. The smallest absolute Gasteiger partial charge is 0.170 e. The highest BCUT2D eigenvalue weighted by atomic mass is 19.1. The first-order valence-electron chi connectivity index (χ1n) is 9.84. The minimum Gasteiger partial charge on any atom is -0.493 e. The van der Waals surface area contributed by atoms with Gasteiger partial charge in [0.05, 0.1) is 36.6 Å². The molecule has 156 valence electrons. The molecule has 2 aliphatic rings. The first-order chi connectivity index (χ1) is 15.1. The van der Waals surface area contributed by atoms with Gasteiger partial charge in [0.1, 0.15) is 35.2 Å². The number of aryl methyl sites for hydroxylation is 1. The number of ether oxygens (including phenoxy) is 2. The van der Waals surface area contributed by atoms with Crippen molar-refractivity contribution in [2.24, 2.45) is 0 Å². The van der Waals surface area contributed by atoms with Crippen molar-refractivity contribution in [2.45, 2.75) is 18.8 Å². The van der Waals surface area contributed by atoms with E-state index in [0.29, 0.717) is 47.7 Å². The zero-order valence-electron chi connectivity index (χ0n) is 16.1. The lowest BCUT2D eigenvalue weighted by atomic mass is 9.93. The Labute approximate surface area is 174 Å². The van der Waals surface area contributed by atoms with Crippen LogP contribution in [-0.4, -0.2) is 32.8 Å². The molecule has 0 saturated heterocycles. The van der Waals surface area contributed by atoms with E-state index in [-0.39, 0.29) is 24.0 Å². The van der Waals surface area contributed by atoms with Crippen LogP contribution < -0.4 is 9.47 Å². The van der Waals surface area contributed by atoms with Gasteiger partial charge in [-0.15, -0.1) is 10.2 Å². The Morgan fingerprint density at radius 2 is 1.81 bits per heavy atom.